The largest absolute Gasteiger partial charge is 0.294 e. The fourth-order valence-corrected chi connectivity index (χ4v) is 3.96. The SMILES string of the molecule is Cc1ccc(C)c(C=C2C(=O)N(CN3CCCCC3)c3ccccc32)c1. The standard InChI is InChI=1S/C23H26N2O/c1-17-10-11-18(2)19(14-17)15-21-20-8-4-5-9-22(20)25(23(21)26)16-24-12-6-3-7-13-24/h4-5,8-11,14-15H,3,6-7,12-13,16H2,1-2H3. The number of hydrogen-bond donors (Lipinski definition) is 0. The van der Waals surface area contributed by atoms with Gasteiger partial charge in [-0.2, -0.15) is 0 Å². The van der Waals surface area contributed by atoms with Gasteiger partial charge in [0.25, 0.3) is 5.91 Å². The highest BCUT2D eigenvalue weighted by atomic mass is 16.2. The van der Waals surface area contributed by atoms with E-state index >= 15 is 0 Å². The second-order valence-electron chi connectivity index (χ2n) is 7.49. The molecule has 0 saturated carbocycles. The van der Waals surface area contributed by atoms with E-state index in [1.54, 1.807) is 0 Å². The minimum Gasteiger partial charge on any atom is -0.294 e. The molecule has 2 aliphatic heterocycles. The Labute approximate surface area is 155 Å². The van der Waals surface area contributed by atoms with Gasteiger partial charge in [-0.15, -0.1) is 0 Å². The average molecular weight is 346 g/mol. The van der Waals surface area contributed by atoms with Crippen LogP contribution in [-0.4, -0.2) is 30.6 Å². The van der Waals surface area contributed by atoms with Gasteiger partial charge in [0, 0.05) is 11.1 Å². The number of aryl methyl sites for hydroxylation is 2. The zero-order valence-electron chi connectivity index (χ0n) is 15.7. The third-order valence-electron chi connectivity index (χ3n) is 5.49. The average Bonchev–Trinajstić information content (AvgIpc) is 2.91. The lowest BCUT2D eigenvalue weighted by molar-refractivity contribution is -0.113. The van der Waals surface area contributed by atoms with Gasteiger partial charge >= 0.3 is 0 Å². The molecule has 2 aromatic rings. The number of piperidine rings is 1. The molecule has 1 fully saturated rings. The summed E-state index contributed by atoms with van der Waals surface area (Å²) in [5.74, 6) is 0.123. The van der Waals surface area contributed by atoms with E-state index in [1.807, 2.05) is 17.0 Å². The van der Waals surface area contributed by atoms with E-state index in [1.165, 1.54) is 30.4 Å². The molecule has 2 aromatic carbocycles. The number of likely N-dealkylation sites (tertiary alicyclic amines) is 1. The smallest absolute Gasteiger partial charge is 0.260 e. The first kappa shape index (κ1) is 17.0. The first-order chi connectivity index (χ1) is 12.6. The number of para-hydroxylation sites is 1. The van der Waals surface area contributed by atoms with E-state index in [2.05, 4.69) is 55.2 Å². The molecule has 1 saturated heterocycles. The number of benzene rings is 2. The maximum absolute atomic E-state index is 13.3. The number of carbonyl (C=O) groups is 1. The minimum absolute atomic E-state index is 0.123. The molecular weight excluding hydrogens is 320 g/mol. The van der Waals surface area contributed by atoms with Gasteiger partial charge in [-0.3, -0.25) is 14.6 Å². The van der Waals surface area contributed by atoms with Crippen molar-refractivity contribution in [3.8, 4) is 0 Å². The summed E-state index contributed by atoms with van der Waals surface area (Å²) in [4.78, 5) is 17.6. The van der Waals surface area contributed by atoms with Crippen LogP contribution in [-0.2, 0) is 4.79 Å². The Morgan fingerprint density at radius 2 is 1.77 bits per heavy atom. The molecule has 0 unspecified atom stereocenters. The summed E-state index contributed by atoms with van der Waals surface area (Å²) < 4.78 is 0. The van der Waals surface area contributed by atoms with Crippen LogP contribution < -0.4 is 4.90 Å². The molecular formula is C23H26N2O. The predicted molar refractivity (Wildman–Crippen MR) is 108 cm³/mol. The number of anilines is 1. The zero-order valence-corrected chi connectivity index (χ0v) is 15.7. The van der Waals surface area contributed by atoms with Crippen molar-refractivity contribution in [3.63, 3.8) is 0 Å². The molecule has 0 atom stereocenters. The van der Waals surface area contributed by atoms with Crippen molar-refractivity contribution < 1.29 is 4.79 Å². The van der Waals surface area contributed by atoms with Crippen LogP contribution in [0.4, 0.5) is 5.69 Å². The first-order valence-electron chi connectivity index (χ1n) is 9.56. The Hall–Kier alpha value is -2.39. The van der Waals surface area contributed by atoms with Gasteiger partial charge in [0.2, 0.25) is 0 Å². The number of carbonyl (C=O) groups excluding carboxylic acids is 1. The van der Waals surface area contributed by atoms with Crippen molar-refractivity contribution in [3.05, 3.63) is 64.7 Å². The van der Waals surface area contributed by atoms with E-state index in [-0.39, 0.29) is 5.91 Å². The molecule has 26 heavy (non-hydrogen) atoms. The van der Waals surface area contributed by atoms with Gasteiger partial charge < -0.3 is 0 Å². The summed E-state index contributed by atoms with van der Waals surface area (Å²) >= 11 is 0. The summed E-state index contributed by atoms with van der Waals surface area (Å²) in [6, 6.07) is 14.6. The van der Waals surface area contributed by atoms with Crippen molar-refractivity contribution in [1.82, 2.24) is 4.90 Å². The first-order valence-corrected chi connectivity index (χ1v) is 9.56. The van der Waals surface area contributed by atoms with E-state index in [0.717, 1.165) is 35.5 Å². The quantitative estimate of drug-likeness (QED) is 0.756. The molecule has 0 N–H and O–H groups in total. The number of rotatable bonds is 3. The van der Waals surface area contributed by atoms with Gasteiger partial charge in [-0.05, 0) is 63.0 Å². The van der Waals surface area contributed by atoms with Crippen LogP contribution in [0.25, 0.3) is 11.6 Å². The van der Waals surface area contributed by atoms with Crippen molar-refractivity contribution in [2.45, 2.75) is 33.1 Å². The summed E-state index contributed by atoms with van der Waals surface area (Å²) in [5.41, 5.74) is 6.44. The van der Waals surface area contributed by atoms with Crippen LogP contribution in [0, 0.1) is 13.8 Å². The fraction of sp³-hybridized carbons (Fsp3) is 0.348. The van der Waals surface area contributed by atoms with Crippen molar-refractivity contribution >= 4 is 23.2 Å². The number of nitrogens with zero attached hydrogens (tertiary/aromatic N) is 2. The highest BCUT2D eigenvalue weighted by Gasteiger charge is 2.33. The van der Waals surface area contributed by atoms with Crippen LogP contribution in [0.15, 0.2) is 42.5 Å². The highest BCUT2D eigenvalue weighted by molar-refractivity contribution is 6.35. The Balaban J connectivity index is 1.71. The van der Waals surface area contributed by atoms with Gasteiger partial charge in [0.15, 0.2) is 0 Å². The molecule has 2 aliphatic rings. The summed E-state index contributed by atoms with van der Waals surface area (Å²) in [5, 5.41) is 0. The van der Waals surface area contributed by atoms with Gasteiger partial charge in [-0.25, -0.2) is 0 Å². The topological polar surface area (TPSA) is 23.6 Å². The Bertz CT molecular complexity index is 862. The van der Waals surface area contributed by atoms with Crippen molar-refractivity contribution in [2.75, 3.05) is 24.7 Å². The van der Waals surface area contributed by atoms with Crippen LogP contribution in [0.5, 0.6) is 0 Å². The summed E-state index contributed by atoms with van der Waals surface area (Å²) in [7, 11) is 0. The molecule has 2 heterocycles. The van der Waals surface area contributed by atoms with E-state index in [9.17, 15) is 4.79 Å². The Morgan fingerprint density at radius 3 is 2.58 bits per heavy atom. The van der Waals surface area contributed by atoms with Crippen LogP contribution in [0.2, 0.25) is 0 Å². The van der Waals surface area contributed by atoms with Gasteiger partial charge in [0.1, 0.15) is 0 Å². The monoisotopic (exact) mass is 346 g/mol. The lowest BCUT2D eigenvalue weighted by Crippen LogP contribution is -2.42. The molecule has 3 nitrogen and oxygen atoms in total. The molecule has 0 aromatic heterocycles. The Morgan fingerprint density at radius 1 is 1.00 bits per heavy atom. The van der Waals surface area contributed by atoms with Crippen LogP contribution in [0.3, 0.4) is 0 Å². The third-order valence-corrected chi connectivity index (χ3v) is 5.49. The summed E-state index contributed by atoms with van der Waals surface area (Å²) in [6.45, 7) is 7.06. The number of hydrogen-bond acceptors (Lipinski definition) is 2. The molecule has 4 rings (SSSR count). The van der Waals surface area contributed by atoms with Crippen LogP contribution in [0.1, 0.15) is 41.5 Å². The molecule has 0 bridgehead atoms. The lowest BCUT2D eigenvalue weighted by Gasteiger charge is -2.30. The van der Waals surface area contributed by atoms with Crippen molar-refractivity contribution in [2.24, 2.45) is 0 Å². The molecule has 0 aliphatic carbocycles. The minimum atomic E-state index is 0.123. The van der Waals surface area contributed by atoms with E-state index in [0.29, 0.717) is 6.67 Å². The third kappa shape index (κ3) is 3.19. The molecule has 3 heteroatoms. The number of amides is 1. The summed E-state index contributed by atoms with van der Waals surface area (Å²) in [6.07, 6.45) is 5.84. The van der Waals surface area contributed by atoms with E-state index in [4.69, 9.17) is 0 Å². The van der Waals surface area contributed by atoms with Gasteiger partial charge in [-0.1, -0.05) is 48.4 Å². The molecule has 1 amide bonds. The molecule has 0 spiro atoms. The normalized spacial score (nSPS) is 19.2. The molecule has 134 valence electrons. The van der Waals surface area contributed by atoms with E-state index < -0.39 is 0 Å². The second-order valence-corrected chi connectivity index (χ2v) is 7.49. The highest BCUT2D eigenvalue weighted by Crippen LogP contribution is 2.38. The number of fused-ring (bicyclic) bond motifs is 1. The molecule has 0 radical (unpaired) electrons. The predicted octanol–water partition coefficient (Wildman–Crippen LogP) is 4.63. The lowest BCUT2D eigenvalue weighted by atomic mass is 10.00. The fourth-order valence-electron chi connectivity index (χ4n) is 3.96. The maximum Gasteiger partial charge on any atom is 0.260 e. The Kier molecular flexibility index (Phi) is 4.64. The maximum atomic E-state index is 13.3. The van der Waals surface area contributed by atoms with Gasteiger partial charge in [0.05, 0.1) is 12.4 Å². The second kappa shape index (κ2) is 7.08. The van der Waals surface area contributed by atoms with Crippen molar-refractivity contribution in [1.29, 1.82) is 0 Å². The zero-order chi connectivity index (χ0) is 18.1. The van der Waals surface area contributed by atoms with Crippen LogP contribution >= 0.6 is 0 Å².